The lowest BCUT2D eigenvalue weighted by atomic mass is 9.96. The van der Waals surface area contributed by atoms with E-state index < -0.39 is 6.04 Å². The quantitative estimate of drug-likeness (QED) is 0.662. The van der Waals surface area contributed by atoms with Gasteiger partial charge in [-0.25, -0.2) is 9.48 Å². The number of hydrogen-bond acceptors (Lipinski definition) is 5. The molecule has 1 aromatic carbocycles. The highest BCUT2D eigenvalue weighted by Crippen LogP contribution is 2.37. The molecule has 1 N–H and O–H groups in total. The third-order valence-corrected chi connectivity index (χ3v) is 4.29. The lowest BCUT2D eigenvalue weighted by molar-refractivity contribution is -0.139. The van der Waals surface area contributed by atoms with Gasteiger partial charge in [0.1, 0.15) is 12.4 Å². The SMILES string of the molecule is CCCCOC(=O)C1=C(C)Nc2ncnn2C1c1ccccc1Cl. The third kappa shape index (κ3) is 3.01. The normalized spacial score (nSPS) is 16.5. The lowest BCUT2D eigenvalue weighted by Gasteiger charge is -2.28. The summed E-state index contributed by atoms with van der Waals surface area (Å²) in [6, 6.07) is 6.95. The van der Waals surface area contributed by atoms with Crippen molar-refractivity contribution >= 4 is 23.5 Å². The molecule has 1 aliphatic heterocycles. The number of hydrogen-bond donors (Lipinski definition) is 1. The Morgan fingerprint density at radius 1 is 1.42 bits per heavy atom. The summed E-state index contributed by atoms with van der Waals surface area (Å²) in [5, 5.41) is 7.93. The van der Waals surface area contributed by atoms with Crippen LogP contribution in [0.2, 0.25) is 5.02 Å². The van der Waals surface area contributed by atoms with Crippen molar-refractivity contribution in [3.63, 3.8) is 0 Å². The summed E-state index contributed by atoms with van der Waals surface area (Å²) < 4.78 is 7.09. The van der Waals surface area contributed by atoms with Crippen LogP contribution in [0.25, 0.3) is 0 Å². The highest BCUT2D eigenvalue weighted by atomic mass is 35.5. The molecule has 1 unspecified atom stereocenters. The average Bonchev–Trinajstić information content (AvgIpc) is 3.02. The maximum Gasteiger partial charge on any atom is 0.338 e. The minimum atomic E-state index is -0.466. The van der Waals surface area contributed by atoms with E-state index >= 15 is 0 Å². The van der Waals surface area contributed by atoms with Crippen LogP contribution in [0, 0.1) is 0 Å². The van der Waals surface area contributed by atoms with Crippen molar-refractivity contribution < 1.29 is 9.53 Å². The van der Waals surface area contributed by atoms with E-state index in [4.69, 9.17) is 16.3 Å². The molecular weight excluding hydrogens is 328 g/mol. The Morgan fingerprint density at radius 3 is 2.96 bits per heavy atom. The molecular formula is C17H19ClN4O2. The molecule has 6 nitrogen and oxygen atoms in total. The molecule has 0 saturated heterocycles. The number of benzene rings is 1. The zero-order valence-electron chi connectivity index (χ0n) is 13.6. The molecule has 0 fully saturated rings. The monoisotopic (exact) mass is 346 g/mol. The topological polar surface area (TPSA) is 69.0 Å². The first-order valence-electron chi connectivity index (χ1n) is 7.92. The van der Waals surface area contributed by atoms with Crippen LogP contribution in [0.5, 0.6) is 0 Å². The second-order valence-corrected chi connectivity index (χ2v) is 6.01. The van der Waals surface area contributed by atoms with Gasteiger partial charge >= 0.3 is 5.97 Å². The smallest absolute Gasteiger partial charge is 0.338 e. The highest BCUT2D eigenvalue weighted by Gasteiger charge is 2.35. The molecule has 3 rings (SSSR count). The van der Waals surface area contributed by atoms with Gasteiger partial charge in [0, 0.05) is 16.3 Å². The van der Waals surface area contributed by atoms with Crippen LogP contribution in [0.15, 0.2) is 41.9 Å². The highest BCUT2D eigenvalue weighted by molar-refractivity contribution is 6.31. The number of esters is 1. The molecule has 2 aromatic rings. The van der Waals surface area contributed by atoms with E-state index in [1.165, 1.54) is 6.33 Å². The number of nitrogens with zero attached hydrogens (tertiary/aromatic N) is 3. The van der Waals surface area contributed by atoms with Gasteiger partial charge in [0.15, 0.2) is 0 Å². The van der Waals surface area contributed by atoms with Crippen molar-refractivity contribution in [2.75, 3.05) is 11.9 Å². The van der Waals surface area contributed by atoms with E-state index in [9.17, 15) is 4.79 Å². The Balaban J connectivity index is 2.04. The van der Waals surface area contributed by atoms with Gasteiger partial charge in [-0.15, -0.1) is 0 Å². The molecule has 24 heavy (non-hydrogen) atoms. The number of anilines is 1. The summed E-state index contributed by atoms with van der Waals surface area (Å²) in [6.07, 6.45) is 3.24. The summed E-state index contributed by atoms with van der Waals surface area (Å²) in [5.41, 5.74) is 1.98. The number of nitrogens with one attached hydrogen (secondary N) is 1. The second kappa shape index (κ2) is 7.05. The first kappa shape index (κ1) is 16.5. The summed E-state index contributed by atoms with van der Waals surface area (Å²) >= 11 is 6.38. The van der Waals surface area contributed by atoms with Gasteiger partial charge in [-0.1, -0.05) is 43.1 Å². The van der Waals surface area contributed by atoms with Gasteiger partial charge in [-0.05, 0) is 19.4 Å². The summed E-state index contributed by atoms with van der Waals surface area (Å²) in [4.78, 5) is 16.9. The average molecular weight is 347 g/mol. The van der Waals surface area contributed by atoms with Gasteiger partial charge in [-0.2, -0.15) is 10.1 Å². The van der Waals surface area contributed by atoms with Gasteiger partial charge in [0.2, 0.25) is 5.95 Å². The number of aromatic nitrogens is 3. The molecule has 7 heteroatoms. The van der Waals surface area contributed by atoms with Gasteiger partial charge in [0.25, 0.3) is 0 Å². The first-order valence-corrected chi connectivity index (χ1v) is 8.30. The Labute approximate surface area is 145 Å². The molecule has 0 radical (unpaired) electrons. The minimum absolute atomic E-state index is 0.362. The van der Waals surface area contributed by atoms with E-state index in [0.717, 1.165) is 18.4 Å². The lowest BCUT2D eigenvalue weighted by Crippen LogP contribution is -2.30. The van der Waals surface area contributed by atoms with E-state index in [0.29, 0.717) is 28.8 Å². The van der Waals surface area contributed by atoms with E-state index in [-0.39, 0.29) is 5.97 Å². The number of ether oxygens (including phenoxy) is 1. The minimum Gasteiger partial charge on any atom is -0.462 e. The molecule has 1 aromatic heterocycles. The number of carbonyl (C=O) groups is 1. The molecule has 0 spiro atoms. The largest absolute Gasteiger partial charge is 0.462 e. The van der Waals surface area contributed by atoms with Crippen molar-refractivity contribution in [3.05, 3.63) is 52.4 Å². The maximum atomic E-state index is 12.7. The van der Waals surface area contributed by atoms with Crippen molar-refractivity contribution in [1.82, 2.24) is 14.8 Å². The first-order chi connectivity index (χ1) is 11.6. The van der Waals surface area contributed by atoms with Crippen molar-refractivity contribution in [1.29, 1.82) is 0 Å². The van der Waals surface area contributed by atoms with E-state index in [1.54, 1.807) is 10.7 Å². The van der Waals surface area contributed by atoms with Crippen LogP contribution < -0.4 is 5.32 Å². The summed E-state index contributed by atoms with van der Waals surface area (Å²) in [5.74, 6) is 0.210. The van der Waals surface area contributed by atoms with Crippen molar-refractivity contribution in [3.8, 4) is 0 Å². The Morgan fingerprint density at radius 2 is 2.21 bits per heavy atom. The molecule has 2 heterocycles. The van der Waals surface area contributed by atoms with Crippen molar-refractivity contribution in [2.45, 2.75) is 32.7 Å². The molecule has 0 amide bonds. The van der Waals surface area contributed by atoms with Gasteiger partial charge in [0.05, 0.1) is 12.2 Å². The molecule has 0 saturated carbocycles. The number of carbonyl (C=O) groups excluding carboxylic acids is 1. The van der Waals surface area contributed by atoms with Crippen LogP contribution in [-0.4, -0.2) is 27.3 Å². The fourth-order valence-electron chi connectivity index (χ4n) is 2.73. The zero-order valence-corrected chi connectivity index (χ0v) is 14.4. The third-order valence-electron chi connectivity index (χ3n) is 3.95. The number of allylic oxidation sites excluding steroid dienone is 1. The predicted octanol–water partition coefficient (Wildman–Crippen LogP) is 3.56. The zero-order chi connectivity index (χ0) is 17.1. The predicted molar refractivity (Wildman–Crippen MR) is 91.8 cm³/mol. The second-order valence-electron chi connectivity index (χ2n) is 5.61. The molecule has 0 aliphatic carbocycles. The maximum absolute atomic E-state index is 12.7. The fraction of sp³-hybridized carbons (Fsp3) is 0.353. The van der Waals surface area contributed by atoms with Crippen LogP contribution in [0.1, 0.15) is 38.3 Å². The summed E-state index contributed by atoms with van der Waals surface area (Å²) in [6.45, 7) is 4.28. The number of unbranched alkanes of at least 4 members (excludes halogenated alkanes) is 1. The fourth-order valence-corrected chi connectivity index (χ4v) is 2.97. The Bertz CT molecular complexity index is 784. The van der Waals surface area contributed by atoms with Crippen LogP contribution >= 0.6 is 11.6 Å². The van der Waals surface area contributed by atoms with Crippen LogP contribution in [0.4, 0.5) is 5.95 Å². The number of halogens is 1. The Kier molecular flexibility index (Phi) is 4.85. The van der Waals surface area contributed by atoms with Crippen molar-refractivity contribution in [2.24, 2.45) is 0 Å². The molecule has 1 atom stereocenters. The Hall–Kier alpha value is -2.34. The van der Waals surface area contributed by atoms with E-state index in [1.807, 2.05) is 25.1 Å². The van der Waals surface area contributed by atoms with Crippen LogP contribution in [0.3, 0.4) is 0 Å². The molecule has 1 aliphatic rings. The van der Waals surface area contributed by atoms with E-state index in [2.05, 4.69) is 22.3 Å². The van der Waals surface area contributed by atoms with Gasteiger partial charge < -0.3 is 10.1 Å². The number of rotatable bonds is 5. The molecule has 0 bridgehead atoms. The standard InChI is InChI=1S/C17H19ClN4O2/c1-3-4-9-24-16(23)14-11(2)21-17-19-10-20-22(17)15(14)12-7-5-6-8-13(12)18/h5-8,10,15H,3-4,9H2,1-2H3,(H,19,20,21). The van der Waals surface area contributed by atoms with Crippen LogP contribution in [-0.2, 0) is 9.53 Å². The van der Waals surface area contributed by atoms with Gasteiger partial charge in [-0.3, -0.25) is 0 Å². The molecule has 126 valence electrons. The number of fused-ring (bicyclic) bond motifs is 1. The summed E-state index contributed by atoms with van der Waals surface area (Å²) in [7, 11) is 0.